The Balaban J connectivity index is 1.76. The van der Waals surface area contributed by atoms with Gasteiger partial charge in [0.15, 0.2) is 0 Å². The summed E-state index contributed by atoms with van der Waals surface area (Å²) in [6.45, 7) is 3.40. The maximum Gasteiger partial charge on any atom is 0.248 e. The summed E-state index contributed by atoms with van der Waals surface area (Å²) >= 11 is 0. The van der Waals surface area contributed by atoms with E-state index < -0.39 is 0 Å². The summed E-state index contributed by atoms with van der Waals surface area (Å²) in [6.07, 6.45) is 5.29. The van der Waals surface area contributed by atoms with Crippen molar-refractivity contribution in [3.8, 4) is 0 Å². The molecule has 1 amide bonds. The third kappa shape index (κ3) is 4.48. The molecule has 1 aliphatic heterocycles. The van der Waals surface area contributed by atoms with Crippen LogP contribution in [0.1, 0.15) is 30.3 Å². The first-order valence-electron chi connectivity index (χ1n) is 8.32. The van der Waals surface area contributed by atoms with Crippen LogP contribution in [0.2, 0.25) is 0 Å². The molecule has 0 radical (unpaired) electrons. The zero-order valence-electron chi connectivity index (χ0n) is 14.5. The minimum atomic E-state index is 0.0222. The second kappa shape index (κ2) is 7.98. The Morgan fingerprint density at radius 1 is 1.36 bits per heavy atom. The SMILES string of the molecule is COCC(=O)N1CCC[C@H](c2cc(Nc3ncccn3)nc(C)n2)C1. The van der Waals surface area contributed by atoms with Gasteiger partial charge in [-0.3, -0.25) is 4.79 Å². The van der Waals surface area contributed by atoms with Crippen LogP contribution in [-0.4, -0.2) is 57.5 Å². The number of amides is 1. The Morgan fingerprint density at radius 3 is 2.92 bits per heavy atom. The summed E-state index contributed by atoms with van der Waals surface area (Å²) in [4.78, 5) is 31.2. The standard InChI is InChI=1S/C17H22N6O2/c1-12-20-14(9-15(21-12)22-17-18-6-4-7-19-17)13-5-3-8-23(10-13)16(24)11-25-2/h4,6-7,9,13H,3,5,8,10-11H2,1-2H3,(H,18,19,20,21,22)/t13-/m0/s1. The van der Waals surface area contributed by atoms with Crippen molar-refractivity contribution in [2.75, 3.05) is 32.1 Å². The van der Waals surface area contributed by atoms with Crippen LogP contribution in [0.5, 0.6) is 0 Å². The molecule has 25 heavy (non-hydrogen) atoms. The van der Waals surface area contributed by atoms with Crippen molar-refractivity contribution >= 4 is 17.7 Å². The second-order valence-electron chi connectivity index (χ2n) is 6.03. The highest BCUT2D eigenvalue weighted by Gasteiger charge is 2.26. The lowest BCUT2D eigenvalue weighted by Gasteiger charge is -2.32. The normalized spacial score (nSPS) is 17.4. The Hall–Kier alpha value is -2.61. The number of rotatable bonds is 5. The molecule has 2 aromatic rings. The number of carbonyl (C=O) groups excluding carboxylic acids is 1. The second-order valence-corrected chi connectivity index (χ2v) is 6.03. The van der Waals surface area contributed by atoms with E-state index >= 15 is 0 Å². The largest absolute Gasteiger partial charge is 0.375 e. The van der Waals surface area contributed by atoms with Crippen LogP contribution in [0.15, 0.2) is 24.5 Å². The fourth-order valence-corrected chi connectivity index (χ4v) is 3.00. The van der Waals surface area contributed by atoms with Crippen molar-refractivity contribution in [1.82, 2.24) is 24.8 Å². The summed E-state index contributed by atoms with van der Waals surface area (Å²) in [7, 11) is 1.54. The molecule has 3 rings (SSSR count). The number of methoxy groups -OCH3 is 1. The molecule has 1 atom stereocenters. The van der Waals surface area contributed by atoms with Crippen LogP contribution in [-0.2, 0) is 9.53 Å². The first-order chi connectivity index (χ1) is 12.2. The van der Waals surface area contributed by atoms with E-state index in [-0.39, 0.29) is 18.4 Å². The number of likely N-dealkylation sites (tertiary alicyclic amines) is 1. The van der Waals surface area contributed by atoms with Gasteiger partial charge < -0.3 is 15.0 Å². The summed E-state index contributed by atoms with van der Waals surface area (Å²) in [5, 5.41) is 3.10. The number of hydrogen-bond donors (Lipinski definition) is 1. The summed E-state index contributed by atoms with van der Waals surface area (Å²) < 4.78 is 4.96. The smallest absolute Gasteiger partial charge is 0.248 e. The number of piperidine rings is 1. The van der Waals surface area contributed by atoms with Gasteiger partial charge >= 0.3 is 0 Å². The third-order valence-electron chi connectivity index (χ3n) is 4.12. The van der Waals surface area contributed by atoms with Gasteiger partial charge in [-0.2, -0.15) is 0 Å². The number of nitrogens with one attached hydrogen (secondary N) is 1. The number of ether oxygens (including phenoxy) is 1. The van der Waals surface area contributed by atoms with Gasteiger partial charge in [-0.25, -0.2) is 19.9 Å². The quantitative estimate of drug-likeness (QED) is 0.883. The summed E-state index contributed by atoms with van der Waals surface area (Å²) in [5.74, 6) is 2.04. The zero-order chi connectivity index (χ0) is 17.6. The van der Waals surface area contributed by atoms with E-state index in [1.807, 2.05) is 17.9 Å². The molecule has 2 aromatic heterocycles. The fourth-order valence-electron chi connectivity index (χ4n) is 3.00. The van der Waals surface area contributed by atoms with Gasteiger partial charge in [0.05, 0.1) is 5.69 Å². The number of aryl methyl sites for hydroxylation is 1. The van der Waals surface area contributed by atoms with Crippen molar-refractivity contribution < 1.29 is 9.53 Å². The van der Waals surface area contributed by atoms with Gasteiger partial charge in [-0.1, -0.05) is 0 Å². The number of aromatic nitrogens is 4. The van der Waals surface area contributed by atoms with Gasteiger partial charge in [0.1, 0.15) is 18.2 Å². The van der Waals surface area contributed by atoms with Gasteiger partial charge in [-0.15, -0.1) is 0 Å². The van der Waals surface area contributed by atoms with Crippen molar-refractivity contribution in [3.63, 3.8) is 0 Å². The summed E-state index contributed by atoms with van der Waals surface area (Å²) in [6, 6.07) is 3.67. The van der Waals surface area contributed by atoms with Crippen LogP contribution >= 0.6 is 0 Å². The maximum absolute atomic E-state index is 12.1. The van der Waals surface area contributed by atoms with Crippen LogP contribution in [0.4, 0.5) is 11.8 Å². The Kier molecular flexibility index (Phi) is 5.49. The molecular formula is C17H22N6O2. The van der Waals surface area contributed by atoms with Crippen molar-refractivity contribution in [3.05, 3.63) is 36.0 Å². The molecule has 1 saturated heterocycles. The van der Waals surface area contributed by atoms with Gasteiger partial charge in [0, 0.05) is 44.6 Å². The highest BCUT2D eigenvalue weighted by atomic mass is 16.5. The maximum atomic E-state index is 12.1. The van der Waals surface area contributed by atoms with Crippen molar-refractivity contribution in [2.24, 2.45) is 0 Å². The number of nitrogens with zero attached hydrogens (tertiary/aromatic N) is 5. The van der Waals surface area contributed by atoms with Crippen LogP contribution in [0.3, 0.4) is 0 Å². The highest BCUT2D eigenvalue weighted by Crippen LogP contribution is 2.27. The third-order valence-corrected chi connectivity index (χ3v) is 4.12. The number of carbonyl (C=O) groups is 1. The fraction of sp³-hybridized carbons (Fsp3) is 0.471. The van der Waals surface area contributed by atoms with E-state index in [0.29, 0.717) is 24.1 Å². The molecule has 1 N–H and O–H groups in total. The lowest BCUT2D eigenvalue weighted by Crippen LogP contribution is -2.41. The molecule has 8 nitrogen and oxygen atoms in total. The minimum absolute atomic E-state index is 0.0222. The van der Waals surface area contributed by atoms with Gasteiger partial charge in [0.25, 0.3) is 0 Å². The molecule has 0 unspecified atom stereocenters. The molecule has 0 aromatic carbocycles. The van der Waals surface area contributed by atoms with Crippen molar-refractivity contribution in [2.45, 2.75) is 25.7 Å². The van der Waals surface area contributed by atoms with E-state index in [1.54, 1.807) is 18.5 Å². The number of anilines is 2. The average Bonchev–Trinajstić information content (AvgIpc) is 2.62. The van der Waals surface area contributed by atoms with E-state index in [4.69, 9.17) is 4.74 Å². The predicted octanol–water partition coefficient (Wildman–Crippen LogP) is 1.67. The van der Waals surface area contributed by atoms with Gasteiger partial charge in [0.2, 0.25) is 11.9 Å². The molecule has 132 valence electrons. The molecule has 8 heteroatoms. The zero-order valence-corrected chi connectivity index (χ0v) is 14.5. The van der Waals surface area contributed by atoms with E-state index in [2.05, 4.69) is 25.3 Å². The Morgan fingerprint density at radius 2 is 2.16 bits per heavy atom. The molecule has 0 aliphatic carbocycles. The Labute approximate surface area is 146 Å². The molecule has 1 aliphatic rings. The first kappa shape index (κ1) is 17.2. The Bertz CT molecular complexity index is 724. The molecule has 0 saturated carbocycles. The van der Waals surface area contributed by atoms with E-state index in [0.717, 1.165) is 25.1 Å². The van der Waals surface area contributed by atoms with Crippen LogP contribution in [0, 0.1) is 6.92 Å². The number of hydrogen-bond acceptors (Lipinski definition) is 7. The van der Waals surface area contributed by atoms with Crippen LogP contribution < -0.4 is 5.32 Å². The lowest BCUT2D eigenvalue weighted by atomic mass is 9.94. The van der Waals surface area contributed by atoms with E-state index in [1.165, 1.54) is 7.11 Å². The van der Waals surface area contributed by atoms with E-state index in [9.17, 15) is 4.79 Å². The highest BCUT2D eigenvalue weighted by molar-refractivity contribution is 5.77. The minimum Gasteiger partial charge on any atom is -0.375 e. The van der Waals surface area contributed by atoms with Crippen LogP contribution in [0.25, 0.3) is 0 Å². The topological polar surface area (TPSA) is 93.1 Å². The average molecular weight is 342 g/mol. The lowest BCUT2D eigenvalue weighted by molar-refractivity contribution is -0.136. The molecule has 1 fully saturated rings. The molecule has 3 heterocycles. The molecular weight excluding hydrogens is 320 g/mol. The molecule has 0 spiro atoms. The monoisotopic (exact) mass is 342 g/mol. The predicted molar refractivity (Wildman–Crippen MR) is 92.5 cm³/mol. The first-order valence-corrected chi connectivity index (χ1v) is 8.32. The summed E-state index contributed by atoms with van der Waals surface area (Å²) in [5.41, 5.74) is 0.931. The molecule has 0 bridgehead atoms. The van der Waals surface area contributed by atoms with Gasteiger partial charge in [-0.05, 0) is 25.8 Å². The van der Waals surface area contributed by atoms with Crippen molar-refractivity contribution in [1.29, 1.82) is 0 Å².